The number of hydrogen-bond acceptors (Lipinski definition) is 10. The molecule has 9 unspecified atom stereocenters. The van der Waals surface area contributed by atoms with E-state index in [1.165, 1.54) is 283 Å². The summed E-state index contributed by atoms with van der Waals surface area (Å²) in [5.74, 6) is -0.706. The van der Waals surface area contributed by atoms with Gasteiger partial charge in [0.25, 0.3) is 0 Å². The summed E-state index contributed by atoms with van der Waals surface area (Å²) < 4.78 is 11.2. The largest absolute Gasteiger partial charge is 0.394 e. The van der Waals surface area contributed by atoms with E-state index in [0.29, 0.717) is 19.3 Å². The van der Waals surface area contributed by atoms with Crippen molar-refractivity contribution in [1.29, 1.82) is 0 Å². The van der Waals surface area contributed by atoms with Gasteiger partial charge in [0.15, 0.2) is 6.29 Å². The molecule has 0 spiro atoms. The predicted octanol–water partition coefficient (Wildman–Crippen LogP) is 18.5. The second-order valence-corrected chi connectivity index (χ2v) is 26.4. The first-order valence-electron chi connectivity index (χ1n) is 37.4. The van der Waals surface area contributed by atoms with Gasteiger partial charge in [-0.3, -0.25) is 4.79 Å². The van der Waals surface area contributed by atoms with Gasteiger partial charge in [0.2, 0.25) is 5.91 Å². The van der Waals surface area contributed by atoms with Crippen molar-refractivity contribution in [2.75, 3.05) is 13.2 Å². The monoisotopic (exact) mass is 1220 g/mol. The average molecular weight is 1220 g/mol. The van der Waals surface area contributed by atoms with Crippen molar-refractivity contribution < 1.29 is 50.0 Å². The topological polar surface area (TPSA) is 189 Å². The van der Waals surface area contributed by atoms with Crippen molar-refractivity contribution in [3.05, 3.63) is 36.5 Å². The van der Waals surface area contributed by atoms with Gasteiger partial charge in [-0.1, -0.05) is 326 Å². The highest BCUT2D eigenvalue weighted by Crippen LogP contribution is 2.24. The fourth-order valence-electron chi connectivity index (χ4n) is 12.2. The number of hydrogen-bond donors (Lipinski definition) is 8. The summed E-state index contributed by atoms with van der Waals surface area (Å²) in [6.45, 7) is 3.50. The molecule has 0 aliphatic carbocycles. The minimum Gasteiger partial charge on any atom is -0.394 e. The maximum atomic E-state index is 13.3. The molecular weight excluding hydrogens is 1070 g/mol. The van der Waals surface area contributed by atoms with Gasteiger partial charge in [0, 0.05) is 0 Å². The SMILES string of the molecule is CCCCCCCCCCCCCC/C=C\CCCCCCCCCCCCCC(O)C(=O)NC(COC1OC(CO)C(O)C(O)C1O)C(O)C(O)CCC/C=C/CC/C=C/CCCCCCCCCCCCCCCCCCCCCCCCC. The van der Waals surface area contributed by atoms with Crippen molar-refractivity contribution >= 4 is 5.91 Å². The van der Waals surface area contributed by atoms with Crippen LogP contribution >= 0.6 is 0 Å². The first-order valence-corrected chi connectivity index (χ1v) is 37.4. The van der Waals surface area contributed by atoms with E-state index in [4.69, 9.17) is 9.47 Å². The summed E-state index contributed by atoms with van der Waals surface area (Å²) in [6, 6.07) is -1.19. The van der Waals surface area contributed by atoms with Gasteiger partial charge in [-0.25, -0.2) is 0 Å². The lowest BCUT2D eigenvalue weighted by Gasteiger charge is -2.40. The summed E-state index contributed by atoms with van der Waals surface area (Å²) in [5.41, 5.74) is 0. The van der Waals surface area contributed by atoms with Crippen LogP contribution in [-0.2, 0) is 14.3 Å². The number of unbranched alkanes of at least 4 members (excludes halogenated alkanes) is 48. The van der Waals surface area contributed by atoms with Crippen molar-refractivity contribution in [3.63, 3.8) is 0 Å². The highest BCUT2D eigenvalue weighted by molar-refractivity contribution is 5.80. The molecule has 0 aromatic heterocycles. The fourth-order valence-corrected chi connectivity index (χ4v) is 12.2. The molecule has 11 nitrogen and oxygen atoms in total. The normalized spacial score (nSPS) is 18.9. The predicted molar refractivity (Wildman–Crippen MR) is 362 cm³/mol. The lowest BCUT2D eigenvalue weighted by Crippen LogP contribution is -2.60. The summed E-state index contributed by atoms with van der Waals surface area (Å²) >= 11 is 0. The van der Waals surface area contributed by atoms with Crippen molar-refractivity contribution in [2.24, 2.45) is 0 Å². The minimum atomic E-state index is -1.67. The zero-order valence-corrected chi connectivity index (χ0v) is 56.3. The fraction of sp³-hybridized carbons (Fsp3) is 0.907. The first-order chi connectivity index (χ1) is 42.2. The third-order valence-corrected chi connectivity index (χ3v) is 18.1. The molecule has 0 aromatic rings. The first kappa shape index (κ1) is 82.3. The van der Waals surface area contributed by atoms with Crippen LogP contribution in [0.1, 0.15) is 367 Å². The van der Waals surface area contributed by atoms with Gasteiger partial charge >= 0.3 is 0 Å². The number of allylic oxidation sites excluding steroid dienone is 6. The van der Waals surface area contributed by atoms with Crippen LogP contribution in [0.3, 0.4) is 0 Å². The Kier molecular flexibility index (Phi) is 60.8. The lowest BCUT2D eigenvalue weighted by atomic mass is 9.98. The molecule has 86 heavy (non-hydrogen) atoms. The molecule has 1 heterocycles. The standard InChI is InChI=1S/C75H143NO10/c1-3-5-7-9-11-13-15-17-19-21-23-25-27-29-31-32-33-34-35-37-38-40-42-44-46-48-50-52-54-56-58-60-62-67(78)70(80)66(65-85-75-73(83)72(82)71(81)69(64-77)86-75)76-74(84)68(79)63-61-59-57-55-53-51-49-47-45-43-41-39-36-30-28-26-24-22-20-18-16-14-12-10-8-6-4-2/h30,36,46,48,54,56,66-73,75,77-83H,3-29,31-35,37-45,47,49-53,55,57-65H2,1-2H3,(H,76,84)/b36-30-,48-46+,56-54+. The third-order valence-electron chi connectivity index (χ3n) is 18.1. The van der Waals surface area contributed by atoms with E-state index in [-0.39, 0.29) is 12.8 Å². The zero-order chi connectivity index (χ0) is 62.4. The van der Waals surface area contributed by atoms with Crippen molar-refractivity contribution in [2.45, 2.75) is 422 Å². The molecule has 0 saturated carbocycles. The van der Waals surface area contributed by atoms with Gasteiger partial charge in [0.05, 0.1) is 25.4 Å². The van der Waals surface area contributed by atoms with E-state index >= 15 is 0 Å². The van der Waals surface area contributed by atoms with Gasteiger partial charge in [-0.2, -0.15) is 0 Å². The molecule has 11 heteroatoms. The van der Waals surface area contributed by atoms with Crippen molar-refractivity contribution in [1.82, 2.24) is 5.32 Å². The number of rotatable bonds is 66. The van der Waals surface area contributed by atoms with E-state index < -0.39 is 74.2 Å². The average Bonchev–Trinajstić information content (AvgIpc) is 3.00. The number of nitrogens with one attached hydrogen (secondary N) is 1. The molecule has 0 radical (unpaired) electrons. The molecule has 508 valence electrons. The van der Waals surface area contributed by atoms with E-state index in [2.05, 4.69) is 55.6 Å². The van der Waals surface area contributed by atoms with Crippen LogP contribution in [0.15, 0.2) is 36.5 Å². The maximum Gasteiger partial charge on any atom is 0.249 e. The number of ether oxygens (including phenoxy) is 2. The summed E-state index contributed by atoms with van der Waals surface area (Å²) in [7, 11) is 0. The molecule has 1 aliphatic rings. The Labute approximate surface area is 530 Å². The molecule has 0 bridgehead atoms. The number of carbonyl (C=O) groups excluding carboxylic acids is 1. The molecule has 1 rings (SSSR count). The Morgan fingerprint density at radius 1 is 0.395 bits per heavy atom. The third kappa shape index (κ3) is 50.0. The quantitative estimate of drug-likeness (QED) is 0.0215. The number of carbonyl (C=O) groups is 1. The van der Waals surface area contributed by atoms with Crippen LogP contribution in [0.25, 0.3) is 0 Å². The molecular formula is C75H143NO10. The Morgan fingerprint density at radius 3 is 1.03 bits per heavy atom. The van der Waals surface area contributed by atoms with E-state index in [1.54, 1.807) is 0 Å². The van der Waals surface area contributed by atoms with Crippen LogP contribution < -0.4 is 5.32 Å². The van der Waals surface area contributed by atoms with Gasteiger partial charge in [-0.15, -0.1) is 0 Å². The number of aliphatic hydroxyl groups excluding tert-OH is 7. The van der Waals surface area contributed by atoms with Crippen LogP contribution in [0.2, 0.25) is 0 Å². The zero-order valence-electron chi connectivity index (χ0n) is 56.3. The minimum absolute atomic E-state index is 0.247. The summed E-state index contributed by atoms with van der Waals surface area (Å²) in [4.78, 5) is 13.3. The molecule has 1 saturated heterocycles. The lowest BCUT2D eigenvalue weighted by molar-refractivity contribution is -0.303. The Morgan fingerprint density at radius 2 is 0.698 bits per heavy atom. The summed E-state index contributed by atoms with van der Waals surface area (Å²) in [6.07, 6.45) is 71.1. The Hall–Kier alpha value is -1.67. The second-order valence-electron chi connectivity index (χ2n) is 26.4. The van der Waals surface area contributed by atoms with Crippen molar-refractivity contribution in [3.8, 4) is 0 Å². The number of aliphatic hydroxyl groups is 7. The van der Waals surface area contributed by atoms with E-state index in [9.17, 15) is 40.5 Å². The molecule has 1 aliphatic heterocycles. The van der Waals surface area contributed by atoms with Crippen LogP contribution in [0.5, 0.6) is 0 Å². The maximum absolute atomic E-state index is 13.3. The Balaban J connectivity index is 2.20. The Bertz CT molecular complexity index is 1490. The van der Waals surface area contributed by atoms with Gasteiger partial charge in [0.1, 0.15) is 36.6 Å². The summed E-state index contributed by atoms with van der Waals surface area (Å²) in [5, 5.41) is 76.6. The van der Waals surface area contributed by atoms with Crippen LogP contribution in [0, 0.1) is 0 Å². The highest BCUT2D eigenvalue weighted by atomic mass is 16.7. The van der Waals surface area contributed by atoms with E-state index in [1.807, 2.05) is 0 Å². The van der Waals surface area contributed by atoms with Gasteiger partial charge < -0.3 is 50.5 Å². The van der Waals surface area contributed by atoms with E-state index in [0.717, 1.165) is 38.5 Å². The molecule has 8 N–H and O–H groups in total. The molecule has 1 amide bonds. The van der Waals surface area contributed by atoms with Gasteiger partial charge in [-0.05, 0) is 77.0 Å². The molecule has 1 fully saturated rings. The molecule has 9 atom stereocenters. The van der Waals surface area contributed by atoms with Crippen LogP contribution in [0.4, 0.5) is 0 Å². The smallest absolute Gasteiger partial charge is 0.249 e. The number of amides is 1. The second kappa shape index (κ2) is 63.5. The molecule has 0 aromatic carbocycles. The highest BCUT2D eigenvalue weighted by Gasteiger charge is 2.44. The van der Waals surface area contributed by atoms with Crippen LogP contribution in [-0.4, -0.2) is 110 Å².